The number of carbonyl (C=O) groups is 1. The van der Waals surface area contributed by atoms with Crippen LogP contribution in [0.3, 0.4) is 0 Å². The van der Waals surface area contributed by atoms with E-state index in [0.717, 1.165) is 31.5 Å². The van der Waals surface area contributed by atoms with Crippen molar-refractivity contribution in [1.29, 1.82) is 0 Å². The summed E-state index contributed by atoms with van der Waals surface area (Å²) in [6.45, 7) is 7.55. The average Bonchev–Trinajstić information content (AvgIpc) is 2.47. The maximum Gasteiger partial charge on any atom is 0.232 e. The second-order valence-electron chi connectivity index (χ2n) is 5.75. The zero-order chi connectivity index (χ0) is 17.5. The summed E-state index contributed by atoms with van der Waals surface area (Å²) in [6.07, 6.45) is 3.18. The molecule has 1 amide bonds. The number of anilines is 1. The highest BCUT2D eigenvalue weighted by Crippen LogP contribution is 2.22. The van der Waals surface area contributed by atoms with E-state index < -0.39 is 10.0 Å². The van der Waals surface area contributed by atoms with Gasteiger partial charge in [-0.15, -0.1) is 0 Å². The Labute approximate surface area is 140 Å². The number of aryl methyl sites for hydroxylation is 1. The number of carbonyl (C=O) groups excluding carboxylic acids is 1. The molecule has 0 aliphatic carbocycles. The highest BCUT2D eigenvalue weighted by molar-refractivity contribution is 7.92. The second-order valence-corrected chi connectivity index (χ2v) is 7.66. The van der Waals surface area contributed by atoms with Crippen molar-refractivity contribution in [3.05, 3.63) is 29.8 Å². The normalized spacial score (nSPS) is 11.3. The Morgan fingerprint density at radius 3 is 2.09 bits per heavy atom. The molecule has 6 heteroatoms. The van der Waals surface area contributed by atoms with Crippen LogP contribution in [0.2, 0.25) is 0 Å². The van der Waals surface area contributed by atoms with Crippen molar-refractivity contribution in [3.63, 3.8) is 0 Å². The molecule has 1 aromatic carbocycles. The first kappa shape index (κ1) is 19.5. The molecule has 0 unspecified atom stereocenters. The minimum absolute atomic E-state index is 0.0101. The highest BCUT2D eigenvalue weighted by Gasteiger charge is 2.21. The molecule has 0 atom stereocenters. The number of sulfonamides is 1. The van der Waals surface area contributed by atoms with Crippen molar-refractivity contribution in [3.8, 4) is 0 Å². The molecular formula is C17H28N2O3S. The molecule has 0 aliphatic rings. The fourth-order valence-corrected chi connectivity index (χ4v) is 3.55. The summed E-state index contributed by atoms with van der Waals surface area (Å²) in [5, 5.41) is 0. The van der Waals surface area contributed by atoms with Crippen molar-refractivity contribution in [2.45, 2.75) is 40.0 Å². The lowest BCUT2D eigenvalue weighted by atomic mass is 10.2. The Balaban J connectivity index is 2.88. The summed E-state index contributed by atoms with van der Waals surface area (Å²) in [6, 6.07) is 7.32. The number of rotatable bonds is 9. The third kappa shape index (κ3) is 5.86. The summed E-state index contributed by atoms with van der Waals surface area (Å²) < 4.78 is 25.6. The molecule has 5 nitrogen and oxygen atoms in total. The van der Waals surface area contributed by atoms with Crippen molar-refractivity contribution in [1.82, 2.24) is 4.90 Å². The number of benzene rings is 1. The van der Waals surface area contributed by atoms with Crippen molar-refractivity contribution in [2.24, 2.45) is 0 Å². The van der Waals surface area contributed by atoms with E-state index in [0.29, 0.717) is 5.69 Å². The molecule has 0 aliphatic heterocycles. The minimum Gasteiger partial charge on any atom is -0.343 e. The van der Waals surface area contributed by atoms with E-state index in [1.54, 1.807) is 6.07 Å². The maximum absolute atomic E-state index is 12.4. The lowest BCUT2D eigenvalue weighted by molar-refractivity contribution is -0.131. The van der Waals surface area contributed by atoms with Crippen LogP contribution in [0.25, 0.3) is 0 Å². The first-order valence-electron chi connectivity index (χ1n) is 8.12. The summed E-state index contributed by atoms with van der Waals surface area (Å²) in [5.74, 6) is 0.0101. The van der Waals surface area contributed by atoms with Gasteiger partial charge < -0.3 is 4.90 Å². The van der Waals surface area contributed by atoms with Crippen molar-refractivity contribution in [2.75, 3.05) is 30.2 Å². The lowest BCUT2D eigenvalue weighted by Gasteiger charge is -2.26. The van der Waals surface area contributed by atoms with Crippen LogP contribution in [-0.4, -0.2) is 45.1 Å². The molecule has 0 spiro atoms. The molecule has 23 heavy (non-hydrogen) atoms. The zero-order valence-electron chi connectivity index (χ0n) is 14.6. The summed E-state index contributed by atoms with van der Waals surface area (Å²) in [7, 11) is -3.42. The standard InChI is InChI=1S/C17H28N2O3S/c1-5-12-18(13-6-2)17(20)11-14-19(23(4,21)22)16-10-8-7-9-15(16)3/h7-10H,5-6,11-14H2,1-4H3. The minimum atomic E-state index is -3.42. The Kier molecular flexibility index (Phi) is 7.55. The second kappa shape index (κ2) is 8.91. The van der Waals surface area contributed by atoms with Crippen LogP contribution in [0.4, 0.5) is 5.69 Å². The molecule has 0 radical (unpaired) electrons. The Morgan fingerprint density at radius 1 is 1.04 bits per heavy atom. The Bertz CT molecular complexity index is 608. The average molecular weight is 340 g/mol. The topological polar surface area (TPSA) is 57.7 Å². The third-order valence-electron chi connectivity index (χ3n) is 3.65. The maximum atomic E-state index is 12.4. The summed E-state index contributed by atoms with van der Waals surface area (Å²) in [5.41, 5.74) is 1.52. The van der Waals surface area contributed by atoms with E-state index in [1.165, 1.54) is 10.6 Å². The summed E-state index contributed by atoms with van der Waals surface area (Å²) in [4.78, 5) is 14.2. The van der Waals surface area contributed by atoms with E-state index in [-0.39, 0.29) is 18.9 Å². The van der Waals surface area contributed by atoms with Crippen molar-refractivity contribution >= 4 is 21.6 Å². The number of hydrogen-bond acceptors (Lipinski definition) is 3. The van der Waals surface area contributed by atoms with Gasteiger partial charge >= 0.3 is 0 Å². The number of para-hydroxylation sites is 1. The van der Waals surface area contributed by atoms with Crippen LogP contribution in [0.5, 0.6) is 0 Å². The molecule has 1 rings (SSSR count). The van der Waals surface area contributed by atoms with Crippen LogP contribution in [0.1, 0.15) is 38.7 Å². The van der Waals surface area contributed by atoms with Gasteiger partial charge in [-0.3, -0.25) is 9.10 Å². The SMILES string of the molecule is CCCN(CCC)C(=O)CCN(c1ccccc1C)S(C)(=O)=O. The van der Waals surface area contributed by atoms with E-state index in [2.05, 4.69) is 0 Å². The molecule has 130 valence electrons. The van der Waals surface area contributed by atoms with Crippen LogP contribution in [-0.2, 0) is 14.8 Å². The first-order chi connectivity index (χ1) is 10.8. The van der Waals surface area contributed by atoms with Gasteiger partial charge in [-0.2, -0.15) is 0 Å². The van der Waals surface area contributed by atoms with Gasteiger partial charge in [-0.05, 0) is 31.4 Å². The highest BCUT2D eigenvalue weighted by atomic mass is 32.2. The van der Waals surface area contributed by atoms with Crippen LogP contribution < -0.4 is 4.31 Å². The van der Waals surface area contributed by atoms with E-state index in [4.69, 9.17) is 0 Å². The third-order valence-corrected chi connectivity index (χ3v) is 4.83. The largest absolute Gasteiger partial charge is 0.343 e. The van der Waals surface area contributed by atoms with Gasteiger partial charge in [0.25, 0.3) is 0 Å². The molecule has 0 aromatic heterocycles. The molecule has 0 saturated carbocycles. The van der Waals surface area contributed by atoms with E-state index >= 15 is 0 Å². The predicted molar refractivity (Wildman–Crippen MR) is 95.1 cm³/mol. The van der Waals surface area contributed by atoms with Gasteiger partial charge in [0.15, 0.2) is 0 Å². The Morgan fingerprint density at radius 2 is 1.61 bits per heavy atom. The monoisotopic (exact) mass is 340 g/mol. The first-order valence-corrected chi connectivity index (χ1v) is 9.97. The number of hydrogen-bond donors (Lipinski definition) is 0. The van der Waals surface area contributed by atoms with Crippen molar-refractivity contribution < 1.29 is 13.2 Å². The zero-order valence-corrected chi connectivity index (χ0v) is 15.4. The summed E-state index contributed by atoms with van der Waals surface area (Å²) >= 11 is 0. The van der Waals surface area contributed by atoms with Crippen LogP contribution >= 0.6 is 0 Å². The molecule has 1 aromatic rings. The molecule has 0 heterocycles. The number of nitrogens with zero attached hydrogens (tertiary/aromatic N) is 2. The molecule has 0 N–H and O–H groups in total. The molecule has 0 bridgehead atoms. The van der Waals surface area contributed by atoms with E-state index in [9.17, 15) is 13.2 Å². The molecular weight excluding hydrogens is 312 g/mol. The van der Waals surface area contributed by atoms with Gasteiger partial charge in [-0.1, -0.05) is 32.0 Å². The Hall–Kier alpha value is -1.56. The number of amides is 1. The van der Waals surface area contributed by atoms with Gasteiger partial charge in [0.2, 0.25) is 15.9 Å². The predicted octanol–water partition coefficient (Wildman–Crippen LogP) is 2.80. The quantitative estimate of drug-likeness (QED) is 0.694. The molecule has 0 saturated heterocycles. The van der Waals surface area contributed by atoms with Gasteiger partial charge in [0, 0.05) is 26.1 Å². The smallest absolute Gasteiger partial charge is 0.232 e. The molecule has 0 fully saturated rings. The fourth-order valence-electron chi connectivity index (χ4n) is 2.56. The fraction of sp³-hybridized carbons (Fsp3) is 0.588. The van der Waals surface area contributed by atoms with Gasteiger partial charge in [0.05, 0.1) is 11.9 Å². The van der Waals surface area contributed by atoms with Crippen LogP contribution in [0, 0.1) is 6.92 Å². The van der Waals surface area contributed by atoms with E-state index in [1.807, 2.05) is 43.9 Å². The van der Waals surface area contributed by atoms with Crippen LogP contribution in [0.15, 0.2) is 24.3 Å². The van der Waals surface area contributed by atoms with Gasteiger partial charge in [0.1, 0.15) is 0 Å². The lowest BCUT2D eigenvalue weighted by Crippen LogP contribution is -2.37. The van der Waals surface area contributed by atoms with Gasteiger partial charge in [-0.25, -0.2) is 8.42 Å².